The molecule has 1 fully saturated rings. The number of carbonyl (C=O) groups excluding carboxylic acids is 3. The first-order valence-corrected chi connectivity index (χ1v) is 8.52. The summed E-state index contributed by atoms with van der Waals surface area (Å²) in [6, 6.07) is 5.60. The van der Waals surface area contributed by atoms with Crippen molar-refractivity contribution in [3.63, 3.8) is 0 Å². The summed E-state index contributed by atoms with van der Waals surface area (Å²) in [6.07, 6.45) is -0.146. The molecule has 134 valence electrons. The maximum atomic E-state index is 12.3. The molecule has 0 aliphatic carbocycles. The number of piperazine rings is 1. The van der Waals surface area contributed by atoms with E-state index in [-0.39, 0.29) is 24.0 Å². The van der Waals surface area contributed by atoms with Crippen molar-refractivity contribution < 1.29 is 19.1 Å². The lowest BCUT2D eigenvalue weighted by Crippen LogP contribution is -2.60. The van der Waals surface area contributed by atoms with Gasteiger partial charge in [-0.3, -0.25) is 19.7 Å². The van der Waals surface area contributed by atoms with Gasteiger partial charge in [0, 0.05) is 23.7 Å². The Morgan fingerprint density at radius 1 is 1.48 bits per heavy atom. The van der Waals surface area contributed by atoms with E-state index in [0.29, 0.717) is 23.7 Å². The Kier molecular flexibility index (Phi) is 6.72. The highest BCUT2D eigenvalue weighted by atomic mass is 35.5. The molecule has 1 aromatic rings. The number of hydrogen-bond acceptors (Lipinski definition) is 5. The Balaban J connectivity index is 2.07. The minimum Gasteiger partial charge on any atom is -0.466 e. The quantitative estimate of drug-likeness (QED) is 0.598. The van der Waals surface area contributed by atoms with Crippen LogP contribution >= 0.6 is 23.8 Å². The predicted octanol–water partition coefficient (Wildman–Crippen LogP) is 1.11. The molecule has 1 aromatic carbocycles. The molecule has 2 rings (SSSR count). The lowest BCUT2D eigenvalue weighted by atomic mass is 10.1. The molecule has 0 saturated carbocycles. The molecule has 1 aliphatic heterocycles. The van der Waals surface area contributed by atoms with E-state index in [1.54, 1.807) is 25.1 Å². The van der Waals surface area contributed by atoms with Crippen LogP contribution in [0.15, 0.2) is 24.3 Å². The average molecular weight is 384 g/mol. The lowest BCUT2D eigenvalue weighted by Gasteiger charge is -2.36. The van der Waals surface area contributed by atoms with Crippen molar-refractivity contribution >= 4 is 46.7 Å². The van der Waals surface area contributed by atoms with Crippen molar-refractivity contribution in [2.75, 3.05) is 19.7 Å². The molecular weight excluding hydrogens is 366 g/mol. The summed E-state index contributed by atoms with van der Waals surface area (Å²) < 4.78 is 4.89. The number of amides is 2. The second-order valence-electron chi connectivity index (χ2n) is 5.28. The average Bonchev–Trinajstić information content (AvgIpc) is 2.56. The summed E-state index contributed by atoms with van der Waals surface area (Å²) >= 11 is 11.1. The third-order valence-corrected chi connectivity index (χ3v) is 4.14. The van der Waals surface area contributed by atoms with Crippen molar-refractivity contribution in [2.45, 2.75) is 19.4 Å². The number of nitrogens with one attached hydrogen (secondary N) is 2. The highest BCUT2D eigenvalue weighted by Crippen LogP contribution is 2.13. The molecule has 2 amide bonds. The van der Waals surface area contributed by atoms with Crippen molar-refractivity contribution in [1.82, 2.24) is 15.5 Å². The molecule has 7 nitrogen and oxygen atoms in total. The lowest BCUT2D eigenvalue weighted by molar-refractivity contribution is -0.147. The van der Waals surface area contributed by atoms with E-state index in [0.717, 1.165) is 0 Å². The molecule has 0 radical (unpaired) electrons. The Labute approximate surface area is 155 Å². The number of halogens is 1. The van der Waals surface area contributed by atoms with Gasteiger partial charge in [0.2, 0.25) is 5.91 Å². The van der Waals surface area contributed by atoms with Crippen molar-refractivity contribution in [3.05, 3.63) is 34.9 Å². The second kappa shape index (κ2) is 8.77. The number of nitrogens with zero attached hydrogens (tertiary/aromatic N) is 1. The zero-order valence-electron chi connectivity index (χ0n) is 13.6. The SMILES string of the molecule is CCOC(=O)C[C@H]1C(=O)NCCN1C(=S)NC(=O)c1cccc(Cl)c1. The number of rotatable bonds is 4. The Bertz CT molecular complexity index is 698. The number of ether oxygens (including phenoxy) is 1. The predicted molar refractivity (Wildman–Crippen MR) is 96.3 cm³/mol. The normalized spacial score (nSPS) is 16.8. The Hall–Kier alpha value is -2.19. The van der Waals surface area contributed by atoms with Crippen LogP contribution in [0.3, 0.4) is 0 Å². The van der Waals surface area contributed by atoms with Crippen LogP contribution in [0.5, 0.6) is 0 Å². The number of benzene rings is 1. The van der Waals surface area contributed by atoms with E-state index in [1.807, 2.05) is 0 Å². The summed E-state index contributed by atoms with van der Waals surface area (Å²) in [6.45, 7) is 2.66. The van der Waals surface area contributed by atoms with Gasteiger partial charge in [-0.15, -0.1) is 0 Å². The fourth-order valence-electron chi connectivity index (χ4n) is 2.41. The molecule has 0 spiro atoms. The summed E-state index contributed by atoms with van der Waals surface area (Å²) in [4.78, 5) is 37.6. The zero-order valence-corrected chi connectivity index (χ0v) is 15.2. The van der Waals surface area contributed by atoms with Gasteiger partial charge < -0.3 is 15.0 Å². The summed E-state index contributed by atoms with van der Waals surface area (Å²) in [5, 5.41) is 5.76. The van der Waals surface area contributed by atoms with E-state index >= 15 is 0 Å². The van der Waals surface area contributed by atoms with Crippen LogP contribution in [0.4, 0.5) is 0 Å². The Morgan fingerprint density at radius 2 is 2.24 bits per heavy atom. The van der Waals surface area contributed by atoms with Gasteiger partial charge in [0.1, 0.15) is 6.04 Å². The van der Waals surface area contributed by atoms with Crippen LogP contribution in [-0.2, 0) is 14.3 Å². The minimum atomic E-state index is -0.819. The van der Waals surface area contributed by atoms with Crippen molar-refractivity contribution in [1.29, 1.82) is 0 Å². The topological polar surface area (TPSA) is 87.7 Å². The van der Waals surface area contributed by atoms with Crippen LogP contribution in [-0.4, -0.2) is 53.5 Å². The first-order chi connectivity index (χ1) is 11.9. The largest absolute Gasteiger partial charge is 0.466 e. The first kappa shape index (κ1) is 19.1. The van der Waals surface area contributed by atoms with Gasteiger partial charge in [0.05, 0.1) is 13.0 Å². The third kappa shape index (κ3) is 5.14. The number of carbonyl (C=O) groups is 3. The highest BCUT2D eigenvalue weighted by molar-refractivity contribution is 7.80. The van der Waals surface area contributed by atoms with E-state index in [1.165, 1.54) is 11.0 Å². The monoisotopic (exact) mass is 383 g/mol. The van der Waals surface area contributed by atoms with Gasteiger partial charge in [0.15, 0.2) is 5.11 Å². The summed E-state index contributed by atoms with van der Waals surface area (Å²) in [7, 11) is 0. The molecule has 9 heteroatoms. The zero-order chi connectivity index (χ0) is 18.4. The maximum Gasteiger partial charge on any atom is 0.308 e. The fraction of sp³-hybridized carbons (Fsp3) is 0.375. The molecule has 0 unspecified atom stereocenters. The minimum absolute atomic E-state index is 0.0779. The van der Waals surface area contributed by atoms with Crippen LogP contribution < -0.4 is 10.6 Å². The van der Waals surface area contributed by atoms with Crippen LogP contribution in [0.2, 0.25) is 5.02 Å². The number of esters is 1. The van der Waals surface area contributed by atoms with Gasteiger partial charge >= 0.3 is 5.97 Å². The van der Waals surface area contributed by atoms with E-state index < -0.39 is 17.9 Å². The van der Waals surface area contributed by atoms with Crippen LogP contribution in [0.25, 0.3) is 0 Å². The van der Waals surface area contributed by atoms with Crippen LogP contribution in [0, 0.1) is 0 Å². The summed E-state index contributed by atoms with van der Waals surface area (Å²) in [5.41, 5.74) is 0.346. The molecule has 0 bridgehead atoms. The molecule has 1 saturated heterocycles. The van der Waals surface area contributed by atoms with Gasteiger partial charge in [-0.05, 0) is 37.3 Å². The number of hydrogen-bond donors (Lipinski definition) is 2. The van der Waals surface area contributed by atoms with Crippen molar-refractivity contribution in [2.24, 2.45) is 0 Å². The van der Waals surface area contributed by atoms with Crippen LogP contribution in [0.1, 0.15) is 23.7 Å². The smallest absolute Gasteiger partial charge is 0.308 e. The highest BCUT2D eigenvalue weighted by Gasteiger charge is 2.34. The first-order valence-electron chi connectivity index (χ1n) is 7.73. The molecule has 2 N–H and O–H groups in total. The molecule has 0 aromatic heterocycles. The molecule has 25 heavy (non-hydrogen) atoms. The third-order valence-electron chi connectivity index (χ3n) is 3.56. The van der Waals surface area contributed by atoms with E-state index in [9.17, 15) is 14.4 Å². The standard InChI is InChI=1S/C16H18ClN3O4S/c1-2-24-13(21)9-12-15(23)18-6-7-20(12)16(25)19-14(22)10-4-3-5-11(17)8-10/h3-5,8,12H,2,6-7,9H2,1H3,(H,18,23)(H,19,22,25)/t12-/m0/s1. The van der Waals surface area contributed by atoms with Crippen molar-refractivity contribution in [3.8, 4) is 0 Å². The molecule has 1 aliphatic rings. The summed E-state index contributed by atoms with van der Waals surface area (Å²) in [5.74, 6) is -1.27. The second-order valence-corrected chi connectivity index (χ2v) is 6.10. The molecule has 1 atom stereocenters. The fourth-order valence-corrected chi connectivity index (χ4v) is 2.91. The Morgan fingerprint density at radius 3 is 2.92 bits per heavy atom. The van der Waals surface area contributed by atoms with Gasteiger partial charge in [-0.1, -0.05) is 17.7 Å². The van der Waals surface area contributed by atoms with E-state index in [4.69, 9.17) is 28.6 Å². The molecular formula is C16H18ClN3O4S. The van der Waals surface area contributed by atoms with E-state index in [2.05, 4.69) is 10.6 Å². The van der Waals surface area contributed by atoms with Gasteiger partial charge in [-0.25, -0.2) is 0 Å². The maximum absolute atomic E-state index is 12.3. The molecule has 1 heterocycles. The van der Waals surface area contributed by atoms with Gasteiger partial charge in [-0.2, -0.15) is 0 Å². The van der Waals surface area contributed by atoms with Gasteiger partial charge in [0.25, 0.3) is 5.91 Å². The number of thiocarbonyl (C=S) groups is 1.